The van der Waals surface area contributed by atoms with Gasteiger partial charge in [0, 0.05) is 30.9 Å². The lowest BCUT2D eigenvalue weighted by Crippen LogP contribution is -2.64. The number of aryl methyl sites for hydroxylation is 2. The number of piperazine rings is 1. The summed E-state index contributed by atoms with van der Waals surface area (Å²) in [4.78, 5) is 23.8. The van der Waals surface area contributed by atoms with Crippen LogP contribution >= 0.6 is 0 Å². The van der Waals surface area contributed by atoms with Crippen LogP contribution in [0.25, 0.3) is 0 Å². The number of pyridine rings is 1. The zero-order chi connectivity index (χ0) is 17.5. The lowest BCUT2D eigenvalue weighted by atomic mass is 9.83. The Balaban J connectivity index is 1.93. The number of piperidine rings is 1. The van der Waals surface area contributed by atoms with Crippen LogP contribution in [0.1, 0.15) is 34.5 Å². The van der Waals surface area contributed by atoms with Crippen LogP contribution in [0.5, 0.6) is 0 Å². The molecule has 0 unspecified atom stereocenters. The molecule has 2 saturated heterocycles. The molecule has 24 heavy (non-hydrogen) atoms. The van der Waals surface area contributed by atoms with Crippen LogP contribution in [0.3, 0.4) is 0 Å². The maximum Gasteiger partial charge on any atom is 0.252 e. The molecule has 3 heterocycles. The van der Waals surface area contributed by atoms with Crippen LogP contribution in [0.4, 0.5) is 5.82 Å². The standard InChI is InChI=1S/C18H29N5O/c1-13-11-15(16(19)24)17(20-14(13)2)23-10-9-22(4)18(12-23)5-7-21(3)8-6-18/h11H,5-10,12H2,1-4H3,(H2,19,24). The molecule has 0 bridgehead atoms. The van der Waals surface area contributed by atoms with E-state index in [1.54, 1.807) is 0 Å². The monoisotopic (exact) mass is 331 g/mol. The molecule has 2 N–H and O–H groups in total. The number of nitrogens with zero attached hydrogens (tertiary/aromatic N) is 4. The third kappa shape index (κ3) is 3.00. The second kappa shape index (κ2) is 6.33. The first kappa shape index (κ1) is 17.2. The minimum atomic E-state index is -0.392. The third-order valence-electron chi connectivity index (χ3n) is 5.93. The SMILES string of the molecule is Cc1cc(C(N)=O)c(N2CCN(C)C3(CCN(C)CC3)C2)nc1C. The Morgan fingerprint density at radius 3 is 2.46 bits per heavy atom. The van der Waals surface area contributed by atoms with Crippen molar-refractivity contribution in [2.45, 2.75) is 32.2 Å². The van der Waals surface area contributed by atoms with Gasteiger partial charge in [0.25, 0.3) is 5.91 Å². The Hall–Kier alpha value is -1.66. The number of primary amides is 1. The van der Waals surface area contributed by atoms with Gasteiger partial charge >= 0.3 is 0 Å². The molecule has 0 saturated carbocycles. The van der Waals surface area contributed by atoms with Crippen LogP contribution in [0.2, 0.25) is 0 Å². The van der Waals surface area contributed by atoms with E-state index in [-0.39, 0.29) is 5.54 Å². The molecule has 1 aromatic heterocycles. The Labute approximate surface area is 144 Å². The number of hydrogen-bond acceptors (Lipinski definition) is 5. The van der Waals surface area contributed by atoms with Crippen LogP contribution in [0, 0.1) is 13.8 Å². The Morgan fingerprint density at radius 1 is 1.17 bits per heavy atom. The van der Waals surface area contributed by atoms with E-state index in [4.69, 9.17) is 10.7 Å². The summed E-state index contributed by atoms with van der Waals surface area (Å²) in [5.41, 5.74) is 8.32. The molecular weight excluding hydrogens is 302 g/mol. The summed E-state index contributed by atoms with van der Waals surface area (Å²) in [6.45, 7) is 8.96. The molecule has 0 aromatic carbocycles. The van der Waals surface area contributed by atoms with Gasteiger partial charge in [0.15, 0.2) is 0 Å². The number of anilines is 1. The first-order valence-corrected chi connectivity index (χ1v) is 8.75. The number of carbonyl (C=O) groups excluding carboxylic acids is 1. The molecule has 2 aliphatic heterocycles. The predicted molar refractivity (Wildman–Crippen MR) is 96.5 cm³/mol. The van der Waals surface area contributed by atoms with E-state index < -0.39 is 5.91 Å². The van der Waals surface area contributed by atoms with Crippen molar-refractivity contribution in [2.24, 2.45) is 5.73 Å². The van der Waals surface area contributed by atoms with Gasteiger partial charge in [0.05, 0.1) is 5.56 Å². The zero-order valence-electron chi connectivity index (χ0n) is 15.3. The lowest BCUT2D eigenvalue weighted by Gasteiger charge is -2.53. The highest BCUT2D eigenvalue weighted by Crippen LogP contribution is 2.34. The first-order chi connectivity index (χ1) is 11.3. The number of amides is 1. The zero-order valence-corrected chi connectivity index (χ0v) is 15.3. The summed E-state index contributed by atoms with van der Waals surface area (Å²) < 4.78 is 0. The maximum absolute atomic E-state index is 11.9. The minimum Gasteiger partial charge on any atom is -0.365 e. The summed E-state index contributed by atoms with van der Waals surface area (Å²) in [6, 6.07) is 1.89. The maximum atomic E-state index is 11.9. The molecule has 6 heteroatoms. The largest absolute Gasteiger partial charge is 0.365 e. The fourth-order valence-electron chi connectivity index (χ4n) is 3.93. The van der Waals surface area contributed by atoms with E-state index in [9.17, 15) is 4.79 Å². The van der Waals surface area contributed by atoms with Crippen LogP contribution in [-0.2, 0) is 0 Å². The third-order valence-corrected chi connectivity index (χ3v) is 5.93. The molecule has 132 valence electrons. The van der Waals surface area contributed by atoms with E-state index in [0.29, 0.717) is 5.56 Å². The molecule has 0 atom stereocenters. The summed E-state index contributed by atoms with van der Waals surface area (Å²) in [7, 11) is 4.41. The normalized spacial score (nSPS) is 22.1. The average molecular weight is 331 g/mol. The van der Waals surface area contributed by atoms with Crippen LogP contribution < -0.4 is 10.6 Å². The summed E-state index contributed by atoms with van der Waals surface area (Å²) >= 11 is 0. The Morgan fingerprint density at radius 2 is 1.83 bits per heavy atom. The summed E-state index contributed by atoms with van der Waals surface area (Å²) in [5.74, 6) is 0.369. The number of carbonyl (C=O) groups is 1. The van der Waals surface area contributed by atoms with Gasteiger partial charge in [-0.25, -0.2) is 4.98 Å². The summed E-state index contributed by atoms with van der Waals surface area (Å²) in [5, 5.41) is 0. The first-order valence-electron chi connectivity index (χ1n) is 8.75. The van der Waals surface area contributed by atoms with Gasteiger partial charge in [-0.1, -0.05) is 0 Å². The van der Waals surface area contributed by atoms with Crippen molar-refractivity contribution in [2.75, 3.05) is 51.7 Å². The van der Waals surface area contributed by atoms with Crippen molar-refractivity contribution >= 4 is 11.7 Å². The highest BCUT2D eigenvalue weighted by atomic mass is 16.1. The van der Waals surface area contributed by atoms with E-state index in [1.165, 1.54) is 0 Å². The molecule has 1 aromatic rings. The van der Waals surface area contributed by atoms with Crippen molar-refractivity contribution in [1.82, 2.24) is 14.8 Å². The molecule has 3 rings (SSSR count). The number of hydrogen-bond donors (Lipinski definition) is 1. The van der Waals surface area contributed by atoms with Crippen LogP contribution in [0.15, 0.2) is 6.07 Å². The molecule has 2 fully saturated rings. The fourth-order valence-corrected chi connectivity index (χ4v) is 3.93. The van der Waals surface area contributed by atoms with Gasteiger partial charge in [0.2, 0.25) is 0 Å². The molecule has 1 spiro atoms. The van der Waals surface area contributed by atoms with E-state index in [1.807, 2.05) is 19.9 Å². The summed E-state index contributed by atoms with van der Waals surface area (Å²) in [6.07, 6.45) is 2.29. The molecule has 6 nitrogen and oxygen atoms in total. The predicted octanol–water partition coefficient (Wildman–Crippen LogP) is 1.01. The molecule has 2 aliphatic rings. The number of nitrogens with two attached hydrogens (primary N) is 1. The van der Waals surface area contributed by atoms with E-state index in [2.05, 4.69) is 28.8 Å². The van der Waals surface area contributed by atoms with Gasteiger partial charge in [-0.05, 0) is 65.5 Å². The number of likely N-dealkylation sites (N-methyl/N-ethyl adjacent to an activating group) is 1. The van der Waals surface area contributed by atoms with Crippen molar-refractivity contribution in [3.05, 3.63) is 22.9 Å². The van der Waals surface area contributed by atoms with Crippen molar-refractivity contribution in [3.63, 3.8) is 0 Å². The number of rotatable bonds is 2. The minimum absolute atomic E-state index is 0.167. The van der Waals surface area contributed by atoms with Gasteiger partial charge in [0.1, 0.15) is 5.82 Å². The Kier molecular flexibility index (Phi) is 4.53. The average Bonchev–Trinajstić information content (AvgIpc) is 2.55. The van der Waals surface area contributed by atoms with E-state index >= 15 is 0 Å². The molecule has 1 amide bonds. The van der Waals surface area contributed by atoms with Crippen molar-refractivity contribution < 1.29 is 4.79 Å². The molecule has 0 aliphatic carbocycles. The quantitative estimate of drug-likeness (QED) is 0.876. The lowest BCUT2D eigenvalue weighted by molar-refractivity contribution is 0.0382. The smallest absolute Gasteiger partial charge is 0.252 e. The van der Waals surface area contributed by atoms with Crippen molar-refractivity contribution in [3.8, 4) is 0 Å². The second-order valence-corrected chi connectivity index (χ2v) is 7.50. The Bertz CT molecular complexity index is 637. The highest BCUT2D eigenvalue weighted by molar-refractivity contribution is 5.98. The van der Waals surface area contributed by atoms with Crippen molar-refractivity contribution in [1.29, 1.82) is 0 Å². The van der Waals surface area contributed by atoms with Gasteiger partial charge in [-0.3, -0.25) is 9.69 Å². The van der Waals surface area contributed by atoms with Gasteiger partial charge in [-0.15, -0.1) is 0 Å². The number of aromatic nitrogens is 1. The fraction of sp³-hybridized carbons (Fsp3) is 0.667. The highest BCUT2D eigenvalue weighted by Gasteiger charge is 2.42. The van der Waals surface area contributed by atoms with E-state index in [0.717, 1.165) is 62.6 Å². The molecular formula is C18H29N5O. The van der Waals surface area contributed by atoms with Crippen LogP contribution in [-0.4, -0.2) is 73.0 Å². The topological polar surface area (TPSA) is 65.7 Å². The second-order valence-electron chi connectivity index (χ2n) is 7.50. The molecule has 0 radical (unpaired) electrons. The number of likely N-dealkylation sites (tertiary alicyclic amines) is 1. The van der Waals surface area contributed by atoms with Gasteiger partial charge in [-0.2, -0.15) is 0 Å². The van der Waals surface area contributed by atoms with Gasteiger partial charge < -0.3 is 15.5 Å².